The van der Waals surface area contributed by atoms with Crippen LogP contribution in [0.4, 0.5) is 0 Å². The monoisotopic (exact) mass is 428 g/mol. The number of nitrogens with one attached hydrogen (secondary N) is 1. The molecule has 0 saturated heterocycles. The Labute approximate surface area is 181 Å². The molecule has 0 aliphatic carbocycles. The van der Waals surface area contributed by atoms with Gasteiger partial charge in [-0.25, -0.2) is 0 Å². The third kappa shape index (κ3) is 6.69. The van der Waals surface area contributed by atoms with Crippen LogP contribution in [0, 0.1) is 6.92 Å². The lowest BCUT2D eigenvalue weighted by Gasteiger charge is -2.27. The first-order chi connectivity index (χ1) is 14.5. The summed E-state index contributed by atoms with van der Waals surface area (Å²) in [5.74, 6) is -0.501. The molecule has 30 heavy (non-hydrogen) atoms. The van der Waals surface area contributed by atoms with Crippen LogP contribution in [0.25, 0.3) is 0 Å². The van der Waals surface area contributed by atoms with Crippen molar-refractivity contribution in [2.75, 3.05) is 19.7 Å². The summed E-state index contributed by atoms with van der Waals surface area (Å²) in [7, 11) is 0. The van der Waals surface area contributed by atoms with Gasteiger partial charge in [-0.15, -0.1) is 11.3 Å². The predicted octanol–water partition coefficient (Wildman–Crippen LogP) is 3.01. The normalized spacial score (nSPS) is 12.9. The Hall–Kier alpha value is -2.67. The Bertz CT molecular complexity index is 876. The molecule has 3 rings (SSSR count). The van der Waals surface area contributed by atoms with Crippen LogP contribution >= 0.6 is 11.3 Å². The minimum atomic E-state index is -0.412. The van der Waals surface area contributed by atoms with Crippen molar-refractivity contribution in [3.63, 3.8) is 0 Å². The zero-order valence-electron chi connectivity index (χ0n) is 17.3. The van der Waals surface area contributed by atoms with Crippen LogP contribution < -0.4 is 5.32 Å². The van der Waals surface area contributed by atoms with Gasteiger partial charge >= 0.3 is 5.97 Å². The second-order valence-electron chi connectivity index (χ2n) is 7.49. The highest BCUT2D eigenvalue weighted by molar-refractivity contribution is 7.10. The number of hydrogen-bond acceptors (Lipinski definition) is 5. The number of carbonyl (C=O) groups is 3. The van der Waals surface area contributed by atoms with Gasteiger partial charge in [-0.05, 0) is 42.3 Å². The number of aryl methyl sites for hydroxylation is 2. The number of ether oxygens (including phenoxy) is 1. The van der Waals surface area contributed by atoms with Gasteiger partial charge in [-0.3, -0.25) is 14.4 Å². The molecule has 1 N–H and O–H groups in total. The summed E-state index contributed by atoms with van der Waals surface area (Å²) in [4.78, 5) is 39.2. The average molecular weight is 429 g/mol. The summed E-state index contributed by atoms with van der Waals surface area (Å²) in [6.45, 7) is 3.75. The molecule has 1 aliphatic rings. The molecule has 1 aromatic heterocycles. The topological polar surface area (TPSA) is 75.7 Å². The van der Waals surface area contributed by atoms with E-state index in [4.69, 9.17) is 4.74 Å². The number of rotatable bonds is 9. The molecule has 0 radical (unpaired) electrons. The minimum Gasteiger partial charge on any atom is -0.464 e. The van der Waals surface area contributed by atoms with Crippen LogP contribution in [0.3, 0.4) is 0 Å². The number of hydrogen-bond donors (Lipinski definition) is 1. The van der Waals surface area contributed by atoms with Gasteiger partial charge in [-0.2, -0.15) is 0 Å². The lowest BCUT2D eigenvalue weighted by Crippen LogP contribution is -2.35. The molecule has 6 nitrogen and oxygen atoms in total. The van der Waals surface area contributed by atoms with Crippen molar-refractivity contribution in [3.05, 3.63) is 57.3 Å². The Kier molecular flexibility index (Phi) is 8.02. The fraction of sp³-hybridized carbons (Fsp3) is 0.435. The van der Waals surface area contributed by atoms with E-state index >= 15 is 0 Å². The largest absolute Gasteiger partial charge is 0.464 e. The highest BCUT2D eigenvalue weighted by atomic mass is 32.1. The first-order valence-corrected chi connectivity index (χ1v) is 11.2. The van der Waals surface area contributed by atoms with Crippen LogP contribution in [0.15, 0.2) is 35.7 Å². The summed E-state index contributed by atoms with van der Waals surface area (Å²) in [6, 6.07) is 10.2. The zero-order valence-corrected chi connectivity index (χ0v) is 18.1. The Morgan fingerprint density at radius 1 is 1.10 bits per heavy atom. The third-order valence-corrected chi connectivity index (χ3v) is 6.17. The molecule has 2 heterocycles. The quantitative estimate of drug-likeness (QED) is 0.492. The first-order valence-electron chi connectivity index (χ1n) is 10.3. The highest BCUT2D eigenvalue weighted by Crippen LogP contribution is 2.24. The number of amides is 2. The zero-order chi connectivity index (χ0) is 21.3. The van der Waals surface area contributed by atoms with Crippen LogP contribution in [-0.4, -0.2) is 42.4 Å². The Balaban J connectivity index is 1.24. The highest BCUT2D eigenvalue weighted by Gasteiger charge is 2.21. The van der Waals surface area contributed by atoms with Crippen molar-refractivity contribution in [3.8, 4) is 0 Å². The van der Waals surface area contributed by atoms with Gasteiger partial charge in [-0.1, -0.05) is 29.8 Å². The maximum absolute atomic E-state index is 12.3. The second kappa shape index (κ2) is 10.9. The molecular weight excluding hydrogens is 400 g/mol. The van der Waals surface area contributed by atoms with Gasteiger partial charge in [0.05, 0.1) is 13.0 Å². The molecule has 0 spiro atoms. The second-order valence-corrected chi connectivity index (χ2v) is 8.49. The van der Waals surface area contributed by atoms with E-state index in [0.29, 0.717) is 25.9 Å². The standard InChI is InChI=1S/C23H28N2O4S/c1-17-2-4-18(5-3-17)6-7-21(26)24-12-14-29-23(28)9-8-22(27)25-13-10-20-19(16-25)11-15-30-20/h2-5,11,15H,6-10,12-14,16H2,1H3,(H,24,26). The van der Waals surface area contributed by atoms with E-state index in [0.717, 1.165) is 12.0 Å². The lowest BCUT2D eigenvalue weighted by molar-refractivity contribution is -0.146. The molecule has 2 amide bonds. The number of esters is 1. The first kappa shape index (κ1) is 22.0. The van der Waals surface area contributed by atoms with E-state index in [1.165, 1.54) is 16.0 Å². The summed E-state index contributed by atoms with van der Waals surface area (Å²) in [5.41, 5.74) is 3.52. The lowest BCUT2D eigenvalue weighted by atomic mass is 10.1. The van der Waals surface area contributed by atoms with Crippen LogP contribution in [0.5, 0.6) is 0 Å². The number of carbonyl (C=O) groups excluding carboxylic acids is 3. The molecule has 1 aromatic carbocycles. The summed E-state index contributed by atoms with van der Waals surface area (Å²) in [6.07, 6.45) is 2.17. The van der Waals surface area contributed by atoms with Crippen molar-refractivity contribution in [2.24, 2.45) is 0 Å². The van der Waals surface area contributed by atoms with Crippen molar-refractivity contribution in [1.82, 2.24) is 10.2 Å². The van der Waals surface area contributed by atoms with E-state index in [1.807, 2.05) is 31.2 Å². The van der Waals surface area contributed by atoms with Crippen LogP contribution in [0.1, 0.15) is 40.8 Å². The molecule has 2 aromatic rings. The van der Waals surface area contributed by atoms with Gasteiger partial charge in [0.25, 0.3) is 0 Å². The fourth-order valence-electron chi connectivity index (χ4n) is 3.36. The number of benzene rings is 1. The fourth-order valence-corrected chi connectivity index (χ4v) is 4.25. The van der Waals surface area contributed by atoms with Gasteiger partial charge in [0, 0.05) is 30.8 Å². The molecule has 0 saturated carbocycles. The molecule has 0 bridgehead atoms. The van der Waals surface area contributed by atoms with Gasteiger partial charge in [0.15, 0.2) is 0 Å². The smallest absolute Gasteiger partial charge is 0.306 e. The average Bonchev–Trinajstić information content (AvgIpc) is 3.22. The maximum Gasteiger partial charge on any atom is 0.306 e. The van der Waals surface area contributed by atoms with E-state index in [-0.39, 0.29) is 37.8 Å². The molecule has 1 aliphatic heterocycles. The van der Waals surface area contributed by atoms with Crippen molar-refractivity contribution < 1.29 is 19.1 Å². The predicted molar refractivity (Wildman–Crippen MR) is 116 cm³/mol. The molecule has 0 fully saturated rings. The van der Waals surface area contributed by atoms with Gasteiger partial charge < -0.3 is 15.0 Å². The van der Waals surface area contributed by atoms with E-state index in [2.05, 4.69) is 16.8 Å². The molecule has 0 unspecified atom stereocenters. The SMILES string of the molecule is Cc1ccc(CCC(=O)NCCOC(=O)CCC(=O)N2CCc3sccc3C2)cc1. The Morgan fingerprint density at radius 3 is 2.70 bits per heavy atom. The molecule has 0 atom stereocenters. The summed E-state index contributed by atoms with van der Waals surface area (Å²) >= 11 is 1.73. The Morgan fingerprint density at radius 2 is 1.90 bits per heavy atom. The third-order valence-electron chi connectivity index (χ3n) is 5.15. The van der Waals surface area contributed by atoms with Crippen LogP contribution in [0.2, 0.25) is 0 Å². The number of nitrogens with zero attached hydrogens (tertiary/aromatic N) is 1. The summed E-state index contributed by atoms with van der Waals surface area (Å²) < 4.78 is 5.13. The number of thiophene rings is 1. The van der Waals surface area contributed by atoms with Gasteiger partial charge in [0.2, 0.25) is 11.8 Å². The van der Waals surface area contributed by atoms with Crippen molar-refractivity contribution in [2.45, 2.75) is 45.6 Å². The van der Waals surface area contributed by atoms with Crippen molar-refractivity contribution in [1.29, 1.82) is 0 Å². The number of fused-ring (bicyclic) bond motifs is 1. The van der Waals surface area contributed by atoms with E-state index < -0.39 is 5.97 Å². The van der Waals surface area contributed by atoms with E-state index in [1.54, 1.807) is 16.2 Å². The minimum absolute atomic E-state index is 0.0202. The molecule has 160 valence electrons. The van der Waals surface area contributed by atoms with Crippen molar-refractivity contribution >= 4 is 29.1 Å². The summed E-state index contributed by atoms with van der Waals surface area (Å²) in [5, 5.41) is 4.81. The van der Waals surface area contributed by atoms with Crippen LogP contribution in [-0.2, 0) is 38.5 Å². The van der Waals surface area contributed by atoms with E-state index in [9.17, 15) is 14.4 Å². The molecular formula is C23H28N2O4S. The maximum atomic E-state index is 12.3. The van der Waals surface area contributed by atoms with Gasteiger partial charge in [0.1, 0.15) is 6.61 Å². The molecule has 7 heteroatoms.